The molecule has 0 amide bonds. The molecule has 0 aromatic carbocycles. The third-order valence-electron chi connectivity index (χ3n) is 8.85. The maximum atomic E-state index is 12.0. The number of rotatable bonds is 38. The van der Waals surface area contributed by atoms with Crippen molar-refractivity contribution in [2.24, 2.45) is 0 Å². The Morgan fingerprint density at radius 3 is 1.26 bits per heavy atom. The van der Waals surface area contributed by atoms with Gasteiger partial charge in [-0.2, -0.15) is 0 Å². The Labute approximate surface area is 287 Å². The lowest BCUT2D eigenvalue weighted by molar-refractivity contribution is -0.870. The molecule has 0 saturated heterocycles. The number of phosphoric acid groups is 1. The zero-order valence-electron chi connectivity index (χ0n) is 31.3. The lowest BCUT2D eigenvalue weighted by Gasteiger charge is -2.24. The summed E-state index contributed by atoms with van der Waals surface area (Å²) in [6.45, 7) is 4.02. The van der Waals surface area contributed by atoms with E-state index < -0.39 is 13.9 Å². The van der Waals surface area contributed by atoms with Gasteiger partial charge >= 0.3 is 0 Å². The van der Waals surface area contributed by atoms with Crippen molar-refractivity contribution in [3.8, 4) is 0 Å². The summed E-state index contributed by atoms with van der Waals surface area (Å²) >= 11 is 0. The van der Waals surface area contributed by atoms with E-state index in [9.17, 15) is 14.6 Å². The summed E-state index contributed by atoms with van der Waals surface area (Å²) in [5, 5.41) is 10.0. The van der Waals surface area contributed by atoms with Crippen molar-refractivity contribution in [2.45, 2.75) is 193 Å². The van der Waals surface area contributed by atoms with Gasteiger partial charge in [0.15, 0.2) is 0 Å². The molecule has 0 aromatic rings. The molecule has 0 aromatic heterocycles. The number of nitrogens with zero attached hydrogens (tertiary/aromatic N) is 1. The average Bonchev–Trinajstić information content (AvgIpc) is 3.00. The fourth-order valence-corrected chi connectivity index (χ4v) is 6.65. The number of hydrogen-bond acceptors (Lipinski definition) is 6. The van der Waals surface area contributed by atoms with E-state index >= 15 is 0 Å². The Morgan fingerprint density at radius 1 is 0.522 bits per heavy atom. The Balaban J connectivity index is 3.39. The minimum Gasteiger partial charge on any atom is -0.756 e. The summed E-state index contributed by atoms with van der Waals surface area (Å²) in [7, 11) is 2.40. The van der Waals surface area contributed by atoms with E-state index in [0.717, 1.165) is 30.2 Å². The quantitative estimate of drug-likeness (QED) is 0.0397. The minimum absolute atomic E-state index is 0.0790. The van der Waals surface area contributed by atoms with E-state index in [0.29, 0.717) is 13.0 Å². The van der Waals surface area contributed by atoms with Crippen molar-refractivity contribution >= 4 is 7.82 Å². The summed E-state index contributed by atoms with van der Waals surface area (Å²) in [4.78, 5) is 12.0. The van der Waals surface area contributed by atoms with Gasteiger partial charge in [-0.15, -0.1) is 0 Å². The largest absolute Gasteiger partial charge is 0.756 e. The molecule has 0 aliphatic rings. The van der Waals surface area contributed by atoms with Crippen LogP contribution >= 0.6 is 7.82 Å². The molecule has 2 atom stereocenters. The molecule has 7 nitrogen and oxygen atoms in total. The van der Waals surface area contributed by atoms with E-state index in [1.807, 2.05) is 0 Å². The number of aliphatic hydroxyl groups is 1. The van der Waals surface area contributed by atoms with Crippen LogP contribution < -0.4 is 4.89 Å². The Kier molecular flexibility index (Phi) is 33.5. The molecule has 8 heteroatoms. The highest BCUT2D eigenvalue weighted by atomic mass is 31.2. The van der Waals surface area contributed by atoms with Gasteiger partial charge in [0.2, 0.25) is 0 Å². The SMILES string of the molecule is CCCCCCCCCCCCCCCCCCOCC(O)COP(=O)([O-])OCCCCCCCCCCCCCC[N+](C)(C)C. The standard InChI is InChI=1S/C38H80NO6P/c1-5-6-7-8-9-10-11-12-13-14-16-19-22-25-28-31-34-43-36-38(40)37-45-46(41,42)44-35-32-29-26-23-20-17-15-18-21-24-27-30-33-39(2,3)4/h38,40H,5-37H2,1-4H3. The first-order valence-corrected chi connectivity index (χ1v) is 21.3. The molecule has 46 heavy (non-hydrogen) atoms. The van der Waals surface area contributed by atoms with Crippen LogP contribution in [0.25, 0.3) is 0 Å². The normalized spacial score (nSPS) is 14.1. The van der Waals surface area contributed by atoms with E-state index in [1.165, 1.54) is 154 Å². The van der Waals surface area contributed by atoms with Gasteiger partial charge in [0.1, 0.15) is 6.10 Å². The number of ether oxygens (including phenoxy) is 1. The lowest BCUT2D eigenvalue weighted by atomic mass is 10.0. The summed E-state index contributed by atoms with van der Waals surface area (Å²) in [6, 6.07) is 0. The summed E-state index contributed by atoms with van der Waals surface area (Å²) in [5.41, 5.74) is 0. The first kappa shape index (κ1) is 46.0. The van der Waals surface area contributed by atoms with Crippen LogP contribution in [0, 0.1) is 0 Å². The fraction of sp³-hybridized carbons (Fsp3) is 1.00. The van der Waals surface area contributed by atoms with Gasteiger partial charge < -0.3 is 28.3 Å². The average molecular weight is 678 g/mol. The van der Waals surface area contributed by atoms with Crippen LogP contribution in [0.5, 0.6) is 0 Å². The molecule has 0 aliphatic carbocycles. The molecular formula is C38H80NO6P. The predicted molar refractivity (Wildman–Crippen MR) is 194 cm³/mol. The third kappa shape index (κ3) is 38.4. The van der Waals surface area contributed by atoms with Crippen LogP contribution in [0.1, 0.15) is 187 Å². The van der Waals surface area contributed by atoms with Crippen LogP contribution in [0.15, 0.2) is 0 Å². The highest BCUT2D eigenvalue weighted by Gasteiger charge is 2.13. The first-order valence-electron chi connectivity index (χ1n) is 19.8. The first-order chi connectivity index (χ1) is 22.2. The molecule has 0 spiro atoms. The van der Waals surface area contributed by atoms with Gasteiger partial charge in [-0.3, -0.25) is 4.57 Å². The van der Waals surface area contributed by atoms with Gasteiger partial charge in [0.05, 0.1) is 47.5 Å². The molecule has 0 radical (unpaired) electrons. The van der Waals surface area contributed by atoms with E-state index in [2.05, 4.69) is 28.1 Å². The summed E-state index contributed by atoms with van der Waals surface area (Å²) in [6.07, 6.45) is 34.9. The zero-order valence-corrected chi connectivity index (χ0v) is 32.2. The molecule has 0 heterocycles. The number of aliphatic hydroxyl groups excluding tert-OH is 1. The second-order valence-electron chi connectivity index (χ2n) is 14.9. The maximum absolute atomic E-state index is 12.0. The molecule has 0 saturated carbocycles. The second-order valence-corrected chi connectivity index (χ2v) is 16.3. The zero-order chi connectivity index (χ0) is 34.0. The van der Waals surface area contributed by atoms with Crippen molar-refractivity contribution in [3.05, 3.63) is 0 Å². The molecule has 0 fully saturated rings. The fourth-order valence-electron chi connectivity index (χ4n) is 5.87. The summed E-state index contributed by atoms with van der Waals surface area (Å²) < 4.78 is 28.4. The number of quaternary nitrogens is 1. The van der Waals surface area contributed by atoms with E-state index in [-0.39, 0.29) is 19.8 Å². The van der Waals surface area contributed by atoms with Gasteiger partial charge in [-0.25, -0.2) is 0 Å². The highest BCUT2D eigenvalue weighted by molar-refractivity contribution is 7.45. The number of phosphoric ester groups is 1. The molecular weight excluding hydrogens is 597 g/mol. The lowest BCUT2D eigenvalue weighted by Crippen LogP contribution is -2.35. The van der Waals surface area contributed by atoms with E-state index in [1.54, 1.807) is 0 Å². The van der Waals surface area contributed by atoms with Crippen LogP contribution in [-0.2, 0) is 18.3 Å². The second kappa shape index (κ2) is 33.5. The van der Waals surface area contributed by atoms with Gasteiger partial charge in [-0.05, 0) is 25.7 Å². The monoisotopic (exact) mass is 678 g/mol. The highest BCUT2D eigenvalue weighted by Crippen LogP contribution is 2.38. The van der Waals surface area contributed by atoms with Crippen molar-refractivity contribution in [1.29, 1.82) is 0 Å². The Hall–Kier alpha value is -0.0100. The third-order valence-corrected chi connectivity index (χ3v) is 9.81. The molecule has 2 unspecified atom stereocenters. The van der Waals surface area contributed by atoms with Crippen LogP contribution in [0.3, 0.4) is 0 Å². The van der Waals surface area contributed by atoms with Crippen molar-refractivity contribution < 1.29 is 32.8 Å². The molecule has 0 rings (SSSR count). The van der Waals surface area contributed by atoms with Crippen LogP contribution in [0.2, 0.25) is 0 Å². The molecule has 0 aliphatic heterocycles. The minimum atomic E-state index is -4.38. The predicted octanol–water partition coefficient (Wildman–Crippen LogP) is 10.5. The Morgan fingerprint density at radius 2 is 0.870 bits per heavy atom. The number of hydrogen-bond donors (Lipinski definition) is 1. The van der Waals surface area contributed by atoms with Gasteiger partial charge in [-0.1, -0.05) is 161 Å². The van der Waals surface area contributed by atoms with Crippen molar-refractivity contribution in [3.63, 3.8) is 0 Å². The smallest absolute Gasteiger partial charge is 0.267 e. The molecule has 278 valence electrons. The summed E-state index contributed by atoms with van der Waals surface area (Å²) in [5.74, 6) is 0. The van der Waals surface area contributed by atoms with E-state index in [4.69, 9.17) is 13.8 Å². The number of unbranched alkanes of at least 4 members (excludes halogenated alkanes) is 26. The molecule has 1 N–H and O–H groups in total. The topological polar surface area (TPSA) is 88.0 Å². The van der Waals surface area contributed by atoms with Crippen molar-refractivity contribution in [1.82, 2.24) is 0 Å². The van der Waals surface area contributed by atoms with Crippen LogP contribution in [0.4, 0.5) is 0 Å². The van der Waals surface area contributed by atoms with Gasteiger partial charge in [0.25, 0.3) is 7.82 Å². The Bertz CT molecular complexity index is 660. The molecule has 0 bridgehead atoms. The van der Waals surface area contributed by atoms with Crippen molar-refractivity contribution in [2.75, 3.05) is 54.1 Å². The maximum Gasteiger partial charge on any atom is 0.267 e. The van der Waals surface area contributed by atoms with Gasteiger partial charge in [0, 0.05) is 6.61 Å². The van der Waals surface area contributed by atoms with Crippen LogP contribution in [-0.4, -0.2) is 69.8 Å².